The normalized spacial score (nSPS) is 15.1. The van der Waals surface area contributed by atoms with Crippen molar-refractivity contribution >= 4 is 28.4 Å². The van der Waals surface area contributed by atoms with Crippen molar-refractivity contribution < 1.29 is 4.74 Å². The van der Waals surface area contributed by atoms with Gasteiger partial charge in [0, 0.05) is 30.7 Å². The zero-order valence-corrected chi connectivity index (χ0v) is 18.1. The van der Waals surface area contributed by atoms with E-state index in [0.29, 0.717) is 0 Å². The fourth-order valence-electron chi connectivity index (χ4n) is 3.72. The third-order valence-corrected chi connectivity index (χ3v) is 7.01. The zero-order chi connectivity index (χ0) is 19.3. The van der Waals surface area contributed by atoms with Crippen LogP contribution in [0.5, 0.6) is 5.75 Å². The van der Waals surface area contributed by atoms with Crippen LogP contribution in [0.3, 0.4) is 0 Å². The first-order valence-corrected chi connectivity index (χ1v) is 11.6. The lowest BCUT2D eigenvalue weighted by Gasteiger charge is -2.22. The average Bonchev–Trinajstić information content (AvgIpc) is 3.47. The average molecular weight is 414 g/mol. The summed E-state index contributed by atoms with van der Waals surface area (Å²) in [6.45, 7) is 5.10. The highest BCUT2D eigenvalue weighted by atomic mass is 32.1. The van der Waals surface area contributed by atoms with Crippen molar-refractivity contribution in [1.82, 2.24) is 10.3 Å². The molecule has 1 N–H and O–H groups in total. The number of anilines is 1. The molecule has 28 heavy (non-hydrogen) atoms. The summed E-state index contributed by atoms with van der Waals surface area (Å²) in [5, 5.41) is 11.4. The molecule has 4 nitrogen and oxygen atoms in total. The lowest BCUT2D eigenvalue weighted by Crippen LogP contribution is -2.23. The van der Waals surface area contributed by atoms with Gasteiger partial charge in [-0.3, -0.25) is 0 Å². The Balaban J connectivity index is 1.48. The maximum Gasteiger partial charge on any atom is 0.142 e. The van der Waals surface area contributed by atoms with Crippen LogP contribution in [0.4, 0.5) is 5.69 Å². The van der Waals surface area contributed by atoms with Gasteiger partial charge in [0.15, 0.2) is 0 Å². The van der Waals surface area contributed by atoms with Crippen LogP contribution in [-0.2, 0) is 13.0 Å². The Morgan fingerprint density at radius 3 is 2.71 bits per heavy atom. The highest BCUT2D eigenvalue weighted by molar-refractivity contribution is 7.09. The first-order valence-electron chi connectivity index (χ1n) is 9.81. The molecule has 4 rings (SSSR count). The summed E-state index contributed by atoms with van der Waals surface area (Å²) in [5.74, 6) is 0.973. The summed E-state index contributed by atoms with van der Waals surface area (Å²) in [4.78, 5) is 7.16. The van der Waals surface area contributed by atoms with E-state index in [1.165, 1.54) is 29.7 Å². The summed E-state index contributed by atoms with van der Waals surface area (Å²) in [6, 6.07) is 9.03. The van der Waals surface area contributed by atoms with Crippen LogP contribution < -0.4 is 15.0 Å². The molecule has 6 heteroatoms. The van der Waals surface area contributed by atoms with Crippen molar-refractivity contribution in [2.24, 2.45) is 0 Å². The Hall–Kier alpha value is -1.89. The molecule has 1 saturated heterocycles. The highest BCUT2D eigenvalue weighted by Crippen LogP contribution is 2.32. The molecule has 1 aliphatic rings. The van der Waals surface area contributed by atoms with Crippen LogP contribution >= 0.6 is 22.7 Å². The quantitative estimate of drug-likeness (QED) is 0.551. The lowest BCUT2D eigenvalue weighted by molar-refractivity contribution is 0.413. The Labute approximate surface area is 175 Å². The summed E-state index contributed by atoms with van der Waals surface area (Å²) < 4.78 is 5.70. The number of methoxy groups -OCH3 is 1. The van der Waals surface area contributed by atoms with E-state index in [9.17, 15) is 0 Å². The van der Waals surface area contributed by atoms with Gasteiger partial charge in [0.1, 0.15) is 10.8 Å². The first-order chi connectivity index (χ1) is 13.7. The number of thiazole rings is 1. The Bertz CT molecular complexity index is 885. The predicted molar refractivity (Wildman–Crippen MR) is 119 cm³/mol. The first kappa shape index (κ1) is 19.4. The fraction of sp³-hybridized carbons (Fsp3) is 0.409. The third kappa shape index (κ3) is 4.57. The number of hydrogen-bond acceptors (Lipinski definition) is 6. The molecule has 0 bridgehead atoms. The van der Waals surface area contributed by atoms with Gasteiger partial charge in [0.25, 0.3) is 0 Å². The summed E-state index contributed by atoms with van der Waals surface area (Å²) in [5.41, 5.74) is 4.91. The van der Waals surface area contributed by atoms with Gasteiger partial charge in [-0.1, -0.05) is 6.07 Å². The van der Waals surface area contributed by atoms with Crippen LogP contribution in [0.15, 0.2) is 40.4 Å². The minimum atomic E-state index is 0.220. The third-order valence-electron chi connectivity index (χ3n) is 5.20. The van der Waals surface area contributed by atoms with Gasteiger partial charge in [-0.15, -0.1) is 11.3 Å². The van der Waals surface area contributed by atoms with E-state index < -0.39 is 0 Å². The molecule has 0 saturated carbocycles. The van der Waals surface area contributed by atoms with Crippen LogP contribution in [0, 0.1) is 6.92 Å². The van der Waals surface area contributed by atoms with E-state index in [-0.39, 0.29) is 6.04 Å². The van der Waals surface area contributed by atoms with Crippen molar-refractivity contribution in [1.29, 1.82) is 0 Å². The number of ether oxygens (including phenoxy) is 1. The smallest absolute Gasteiger partial charge is 0.142 e. The molecule has 0 unspecified atom stereocenters. The van der Waals surface area contributed by atoms with Crippen molar-refractivity contribution in [3.05, 3.63) is 62.2 Å². The summed E-state index contributed by atoms with van der Waals surface area (Å²) >= 11 is 3.49. The second-order valence-electron chi connectivity index (χ2n) is 7.30. The van der Waals surface area contributed by atoms with Crippen LogP contribution in [0.25, 0.3) is 0 Å². The van der Waals surface area contributed by atoms with Crippen LogP contribution in [0.2, 0.25) is 0 Å². The van der Waals surface area contributed by atoms with Gasteiger partial charge in [0.2, 0.25) is 0 Å². The maximum atomic E-state index is 5.70. The van der Waals surface area contributed by atoms with Gasteiger partial charge in [-0.25, -0.2) is 4.98 Å². The topological polar surface area (TPSA) is 37.4 Å². The fourth-order valence-corrected chi connectivity index (χ4v) is 5.27. The number of aromatic nitrogens is 1. The predicted octanol–water partition coefficient (Wildman–Crippen LogP) is 5.20. The van der Waals surface area contributed by atoms with Gasteiger partial charge in [-0.05, 0) is 66.3 Å². The van der Waals surface area contributed by atoms with Crippen LogP contribution in [-0.4, -0.2) is 25.2 Å². The second-order valence-corrected chi connectivity index (χ2v) is 8.97. The Morgan fingerprint density at radius 2 is 2.04 bits per heavy atom. The van der Waals surface area contributed by atoms with Gasteiger partial charge >= 0.3 is 0 Å². The highest BCUT2D eigenvalue weighted by Gasteiger charge is 2.18. The van der Waals surface area contributed by atoms with Gasteiger partial charge in [0.05, 0.1) is 18.8 Å². The number of thiophene rings is 1. The molecular formula is C22H27N3OS2. The van der Waals surface area contributed by atoms with Crippen molar-refractivity contribution in [3.63, 3.8) is 0 Å². The maximum absolute atomic E-state index is 5.70. The van der Waals surface area contributed by atoms with Gasteiger partial charge < -0.3 is 15.0 Å². The van der Waals surface area contributed by atoms with E-state index in [4.69, 9.17) is 9.72 Å². The Morgan fingerprint density at radius 1 is 1.18 bits per heavy atom. The second kappa shape index (κ2) is 9.07. The molecule has 3 aromatic rings. The van der Waals surface area contributed by atoms with Crippen LogP contribution in [0.1, 0.15) is 40.7 Å². The standard InChI is InChI=1S/C22H27N3OS2/c1-16-14-28-22(24-16)19(11-18-7-10-27-15-18)23-13-17-5-6-20(21(12-17)26-2)25-8-3-4-9-25/h5-7,10,12,14-15,19,23H,3-4,8-9,11,13H2,1-2H3/t19-/m0/s1. The number of rotatable bonds is 8. The lowest BCUT2D eigenvalue weighted by atomic mass is 10.1. The number of nitrogens with zero attached hydrogens (tertiary/aromatic N) is 2. The van der Waals surface area contributed by atoms with E-state index in [2.05, 4.69) is 57.5 Å². The molecule has 2 aromatic heterocycles. The molecule has 0 amide bonds. The van der Waals surface area contributed by atoms with E-state index in [0.717, 1.165) is 42.5 Å². The molecule has 0 spiro atoms. The SMILES string of the molecule is COc1cc(CN[C@@H](Cc2ccsc2)c2nc(C)cs2)ccc1N1CCCC1. The molecular weight excluding hydrogens is 386 g/mol. The summed E-state index contributed by atoms with van der Waals surface area (Å²) in [7, 11) is 1.77. The molecule has 1 aliphatic heterocycles. The minimum Gasteiger partial charge on any atom is -0.495 e. The zero-order valence-electron chi connectivity index (χ0n) is 16.5. The molecule has 0 radical (unpaired) electrons. The molecule has 1 fully saturated rings. The van der Waals surface area contributed by atoms with Crippen molar-refractivity contribution in [2.45, 2.75) is 38.8 Å². The van der Waals surface area contributed by atoms with Gasteiger partial charge in [-0.2, -0.15) is 11.3 Å². The van der Waals surface area contributed by atoms with E-state index in [1.54, 1.807) is 29.8 Å². The molecule has 148 valence electrons. The largest absolute Gasteiger partial charge is 0.495 e. The molecule has 3 heterocycles. The monoisotopic (exact) mass is 413 g/mol. The van der Waals surface area contributed by atoms with Crippen molar-refractivity contribution in [2.75, 3.05) is 25.1 Å². The number of nitrogens with one attached hydrogen (secondary N) is 1. The van der Waals surface area contributed by atoms with E-state index in [1.807, 2.05) is 0 Å². The molecule has 1 atom stereocenters. The Kier molecular flexibility index (Phi) is 6.29. The molecule has 1 aromatic carbocycles. The molecule has 0 aliphatic carbocycles. The number of aryl methyl sites for hydroxylation is 1. The summed E-state index contributed by atoms with van der Waals surface area (Å²) in [6.07, 6.45) is 3.49. The minimum absolute atomic E-state index is 0.220. The number of benzene rings is 1. The van der Waals surface area contributed by atoms with Crippen molar-refractivity contribution in [3.8, 4) is 5.75 Å². The number of hydrogen-bond donors (Lipinski definition) is 1. The van der Waals surface area contributed by atoms with E-state index >= 15 is 0 Å².